The van der Waals surface area contributed by atoms with E-state index in [1.165, 1.54) is 5.56 Å². The highest BCUT2D eigenvalue weighted by Gasteiger charge is 2.25. The number of benzene rings is 1. The van der Waals surface area contributed by atoms with Crippen molar-refractivity contribution in [3.05, 3.63) is 29.8 Å². The van der Waals surface area contributed by atoms with Crippen LogP contribution in [0.1, 0.15) is 32.8 Å². The van der Waals surface area contributed by atoms with Gasteiger partial charge in [-0.3, -0.25) is 0 Å². The van der Waals surface area contributed by atoms with E-state index in [2.05, 4.69) is 31.9 Å². The highest BCUT2D eigenvalue weighted by atomic mass is 16.5. The predicted octanol–water partition coefficient (Wildman–Crippen LogP) is 3.17. The topological polar surface area (TPSA) is 29.5 Å². The van der Waals surface area contributed by atoms with E-state index in [0.717, 1.165) is 31.4 Å². The van der Waals surface area contributed by atoms with Crippen LogP contribution in [0.15, 0.2) is 24.3 Å². The number of carbonyl (C=O) groups is 1. The summed E-state index contributed by atoms with van der Waals surface area (Å²) in [6, 6.07) is 8.46. The van der Waals surface area contributed by atoms with Crippen LogP contribution >= 0.6 is 0 Å². The zero-order valence-electron chi connectivity index (χ0n) is 13.3. The first kappa shape index (κ1) is 16.7. The fraction of sp³-hybridized carbons (Fsp3) is 0.588. The van der Waals surface area contributed by atoms with Crippen molar-refractivity contribution in [3.8, 4) is 5.75 Å². The van der Waals surface area contributed by atoms with Gasteiger partial charge < -0.3 is 14.4 Å². The Hall–Kier alpha value is -1.35. The fourth-order valence-corrected chi connectivity index (χ4v) is 2.30. The van der Waals surface area contributed by atoms with Gasteiger partial charge in [-0.05, 0) is 38.4 Å². The molecule has 3 nitrogen and oxygen atoms in total. The van der Waals surface area contributed by atoms with Crippen molar-refractivity contribution >= 4 is 6.29 Å². The van der Waals surface area contributed by atoms with Crippen LogP contribution in [0.3, 0.4) is 0 Å². The van der Waals surface area contributed by atoms with E-state index in [9.17, 15) is 4.79 Å². The SMILES string of the molecule is CCC(C)(C=O)CN(C)C(C)Cc1ccccc1OC. The van der Waals surface area contributed by atoms with Crippen LogP contribution < -0.4 is 4.74 Å². The molecule has 0 aliphatic carbocycles. The van der Waals surface area contributed by atoms with Crippen molar-refractivity contribution < 1.29 is 9.53 Å². The van der Waals surface area contributed by atoms with Crippen LogP contribution in [-0.4, -0.2) is 37.9 Å². The highest BCUT2D eigenvalue weighted by molar-refractivity contribution is 5.58. The van der Waals surface area contributed by atoms with Gasteiger partial charge in [0.15, 0.2) is 0 Å². The summed E-state index contributed by atoms with van der Waals surface area (Å²) < 4.78 is 5.39. The largest absolute Gasteiger partial charge is 0.496 e. The first-order valence-corrected chi connectivity index (χ1v) is 7.24. The molecule has 0 bridgehead atoms. The van der Waals surface area contributed by atoms with Gasteiger partial charge in [-0.1, -0.05) is 32.0 Å². The van der Waals surface area contributed by atoms with E-state index in [1.54, 1.807) is 7.11 Å². The number of rotatable bonds is 8. The number of aldehydes is 1. The van der Waals surface area contributed by atoms with Crippen LogP contribution in [0, 0.1) is 5.41 Å². The summed E-state index contributed by atoms with van der Waals surface area (Å²) in [6.07, 6.45) is 2.86. The van der Waals surface area contributed by atoms with Crippen molar-refractivity contribution in [3.63, 3.8) is 0 Å². The first-order chi connectivity index (χ1) is 9.45. The average molecular weight is 277 g/mol. The molecular formula is C17H27NO2. The van der Waals surface area contributed by atoms with Gasteiger partial charge in [0, 0.05) is 18.0 Å². The lowest BCUT2D eigenvalue weighted by molar-refractivity contribution is -0.116. The molecule has 0 amide bonds. The van der Waals surface area contributed by atoms with E-state index >= 15 is 0 Å². The van der Waals surface area contributed by atoms with Crippen molar-refractivity contribution in [1.82, 2.24) is 4.90 Å². The Labute approximate surface area is 122 Å². The zero-order valence-corrected chi connectivity index (χ0v) is 13.3. The molecule has 3 heteroatoms. The van der Waals surface area contributed by atoms with Crippen molar-refractivity contribution in [2.75, 3.05) is 20.7 Å². The fourth-order valence-electron chi connectivity index (χ4n) is 2.30. The molecule has 1 rings (SSSR count). The summed E-state index contributed by atoms with van der Waals surface area (Å²) in [6.45, 7) is 7.05. The lowest BCUT2D eigenvalue weighted by Crippen LogP contribution is -2.40. The van der Waals surface area contributed by atoms with E-state index < -0.39 is 0 Å². The normalized spacial score (nSPS) is 15.7. The Morgan fingerprint density at radius 2 is 2.05 bits per heavy atom. The van der Waals surface area contributed by atoms with Crippen LogP contribution in [-0.2, 0) is 11.2 Å². The molecule has 0 fully saturated rings. The van der Waals surface area contributed by atoms with E-state index in [0.29, 0.717) is 6.04 Å². The molecule has 0 saturated carbocycles. The van der Waals surface area contributed by atoms with Crippen molar-refractivity contribution in [1.29, 1.82) is 0 Å². The monoisotopic (exact) mass is 277 g/mol. The Kier molecular flexibility index (Phi) is 6.21. The third-order valence-electron chi connectivity index (χ3n) is 4.16. The van der Waals surface area contributed by atoms with Crippen molar-refractivity contribution in [2.45, 2.75) is 39.7 Å². The molecule has 0 radical (unpaired) electrons. The summed E-state index contributed by atoms with van der Waals surface area (Å²) >= 11 is 0. The lowest BCUT2D eigenvalue weighted by atomic mass is 9.88. The van der Waals surface area contributed by atoms with Gasteiger partial charge in [-0.15, -0.1) is 0 Å². The number of nitrogens with zero attached hydrogens (tertiary/aromatic N) is 1. The molecule has 112 valence electrons. The quantitative estimate of drug-likeness (QED) is 0.684. The van der Waals surface area contributed by atoms with Gasteiger partial charge >= 0.3 is 0 Å². The first-order valence-electron chi connectivity index (χ1n) is 7.24. The van der Waals surface area contributed by atoms with E-state index in [1.807, 2.05) is 25.1 Å². The van der Waals surface area contributed by atoms with Crippen LogP contribution in [0.2, 0.25) is 0 Å². The third kappa shape index (κ3) is 4.34. The molecular weight excluding hydrogens is 250 g/mol. The minimum absolute atomic E-state index is 0.260. The minimum atomic E-state index is -0.260. The summed E-state index contributed by atoms with van der Waals surface area (Å²) in [5, 5.41) is 0. The Morgan fingerprint density at radius 3 is 2.60 bits per heavy atom. The Bertz CT molecular complexity index is 433. The van der Waals surface area contributed by atoms with Crippen LogP contribution in [0.4, 0.5) is 0 Å². The van der Waals surface area contributed by atoms with Gasteiger partial charge in [0.05, 0.1) is 7.11 Å². The number of methoxy groups -OCH3 is 1. The van der Waals surface area contributed by atoms with Gasteiger partial charge in [0.2, 0.25) is 0 Å². The molecule has 0 spiro atoms. The predicted molar refractivity (Wildman–Crippen MR) is 83.3 cm³/mol. The molecule has 0 saturated heterocycles. The highest BCUT2D eigenvalue weighted by Crippen LogP contribution is 2.23. The van der Waals surface area contributed by atoms with E-state index in [4.69, 9.17) is 4.74 Å². The maximum absolute atomic E-state index is 11.2. The Balaban J connectivity index is 2.70. The summed E-state index contributed by atoms with van der Waals surface area (Å²) in [5.41, 5.74) is 0.947. The molecule has 2 unspecified atom stereocenters. The Morgan fingerprint density at radius 1 is 1.40 bits per heavy atom. The smallest absolute Gasteiger partial charge is 0.127 e. The number of hydrogen-bond acceptors (Lipinski definition) is 3. The second-order valence-electron chi connectivity index (χ2n) is 5.91. The summed E-state index contributed by atoms with van der Waals surface area (Å²) in [5.74, 6) is 0.932. The molecule has 1 aromatic carbocycles. The summed E-state index contributed by atoms with van der Waals surface area (Å²) in [7, 11) is 3.78. The molecule has 0 heterocycles. The number of carbonyl (C=O) groups excluding carboxylic acids is 1. The van der Waals surface area contributed by atoms with Crippen molar-refractivity contribution in [2.24, 2.45) is 5.41 Å². The van der Waals surface area contributed by atoms with Gasteiger partial charge in [0.1, 0.15) is 12.0 Å². The van der Waals surface area contributed by atoms with Gasteiger partial charge in [-0.25, -0.2) is 0 Å². The lowest BCUT2D eigenvalue weighted by Gasteiger charge is -2.32. The standard InChI is InChI=1S/C17H27NO2/c1-6-17(3,13-19)12-18(4)14(2)11-15-9-7-8-10-16(15)20-5/h7-10,13-14H,6,11-12H2,1-5H3. The molecule has 1 aromatic rings. The second-order valence-corrected chi connectivity index (χ2v) is 5.91. The third-order valence-corrected chi connectivity index (χ3v) is 4.16. The molecule has 0 aromatic heterocycles. The van der Waals surface area contributed by atoms with E-state index in [-0.39, 0.29) is 5.41 Å². The maximum atomic E-state index is 11.2. The van der Waals surface area contributed by atoms with Crippen LogP contribution in [0.5, 0.6) is 5.75 Å². The molecule has 2 atom stereocenters. The average Bonchev–Trinajstić information content (AvgIpc) is 2.47. The zero-order chi connectivity index (χ0) is 15.2. The van der Waals surface area contributed by atoms with Gasteiger partial charge in [-0.2, -0.15) is 0 Å². The molecule has 0 aliphatic rings. The molecule has 20 heavy (non-hydrogen) atoms. The summed E-state index contributed by atoms with van der Waals surface area (Å²) in [4.78, 5) is 13.5. The number of hydrogen-bond donors (Lipinski definition) is 0. The minimum Gasteiger partial charge on any atom is -0.496 e. The number of para-hydroxylation sites is 1. The van der Waals surface area contributed by atoms with Crippen LogP contribution in [0.25, 0.3) is 0 Å². The maximum Gasteiger partial charge on any atom is 0.127 e. The number of ether oxygens (including phenoxy) is 1. The molecule has 0 aliphatic heterocycles. The molecule has 0 N–H and O–H groups in total. The van der Waals surface area contributed by atoms with Gasteiger partial charge in [0.25, 0.3) is 0 Å². The number of likely N-dealkylation sites (N-methyl/N-ethyl adjacent to an activating group) is 1. The second kappa shape index (κ2) is 7.44.